The van der Waals surface area contributed by atoms with Crippen molar-refractivity contribution in [1.29, 1.82) is 0 Å². The summed E-state index contributed by atoms with van der Waals surface area (Å²) in [5, 5.41) is 0.214. The van der Waals surface area contributed by atoms with Crippen molar-refractivity contribution in [3.63, 3.8) is 0 Å². The van der Waals surface area contributed by atoms with Gasteiger partial charge in [0.25, 0.3) is 8.32 Å². The van der Waals surface area contributed by atoms with Crippen LogP contribution < -0.4 is 9.16 Å². The smallest absolute Gasteiger partial charge is 0.250 e. The third kappa shape index (κ3) is 2.18. The molecule has 0 atom stereocenters. The van der Waals surface area contributed by atoms with Gasteiger partial charge in [0.05, 0.1) is 0 Å². The SMILES string of the molecule is CC(C)(C)[Si](C)(C)Oc1cccc2c1OC1(CC1)C2. The molecule has 1 fully saturated rings. The number of rotatable bonds is 2. The Kier molecular flexibility index (Phi) is 2.60. The van der Waals surface area contributed by atoms with Crippen LogP contribution in [0.15, 0.2) is 18.2 Å². The molecule has 0 bridgehead atoms. The molecule has 104 valence electrons. The third-order valence-corrected chi connectivity index (χ3v) is 9.21. The summed E-state index contributed by atoms with van der Waals surface area (Å²) in [6.07, 6.45) is 3.46. The molecule has 0 amide bonds. The summed E-state index contributed by atoms with van der Waals surface area (Å²) in [5.74, 6) is 1.98. The fourth-order valence-electron chi connectivity index (χ4n) is 2.34. The largest absolute Gasteiger partial charge is 0.541 e. The molecule has 0 aromatic heterocycles. The Morgan fingerprint density at radius 2 is 1.89 bits per heavy atom. The summed E-state index contributed by atoms with van der Waals surface area (Å²) in [5.41, 5.74) is 1.46. The van der Waals surface area contributed by atoms with Crippen molar-refractivity contribution in [2.75, 3.05) is 0 Å². The van der Waals surface area contributed by atoms with Gasteiger partial charge >= 0.3 is 0 Å². The Labute approximate surface area is 117 Å². The molecule has 1 aromatic carbocycles. The highest BCUT2D eigenvalue weighted by Crippen LogP contribution is 2.53. The second-order valence-corrected chi connectivity index (χ2v) is 12.3. The maximum absolute atomic E-state index is 6.44. The van der Waals surface area contributed by atoms with E-state index in [-0.39, 0.29) is 10.6 Å². The molecule has 1 aliphatic carbocycles. The highest BCUT2D eigenvalue weighted by Gasteiger charge is 2.51. The molecule has 1 heterocycles. The van der Waals surface area contributed by atoms with Crippen molar-refractivity contribution >= 4 is 8.32 Å². The Bertz CT molecular complexity index is 510. The van der Waals surface area contributed by atoms with Crippen molar-refractivity contribution in [2.24, 2.45) is 0 Å². The van der Waals surface area contributed by atoms with Crippen molar-refractivity contribution in [1.82, 2.24) is 0 Å². The van der Waals surface area contributed by atoms with E-state index in [0.717, 1.165) is 17.9 Å². The predicted octanol–water partition coefficient (Wildman–Crippen LogP) is 4.54. The summed E-state index contributed by atoms with van der Waals surface area (Å²) in [4.78, 5) is 0. The fraction of sp³-hybridized carbons (Fsp3) is 0.625. The molecule has 0 saturated heterocycles. The van der Waals surface area contributed by atoms with Gasteiger partial charge in [0.2, 0.25) is 0 Å². The first-order chi connectivity index (χ1) is 8.73. The molecule has 2 nitrogen and oxygen atoms in total. The second kappa shape index (κ2) is 3.78. The molecular formula is C16H24O2Si. The Morgan fingerprint density at radius 1 is 1.21 bits per heavy atom. The summed E-state index contributed by atoms with van der Waals surface area (Å²) in [7, 11) is -1.79. The lowest BCUT2D eigenvalue weighted by Gasteiger charge is -2.36. The quantitative estimate of drug-likeness (QED) is 0.738. The highest BCUT2D eigenvalue weighted by atomic mass is 28.4. The summed E-state index contributed by atoms with van der Waals surface area (Å²) in [6.45, 7) is 11.4. The van der Waals surface area contributed by atoms with Crippen molar-refractivity contribution in [2.45, 2.75) is 63.8 Å². The van der Waals surface area contributed by atoms with Gasteiger partial charge in [0, 0.05) is 12.0 Å². The molecular weight excluding hydrogens is 252 g/mol. The summed E-state index contributed by atoms with van der Waals surface area (Å²) >= 11 is 0. The average Bonchev–Trinajstić information content (AvgIpc) is 2.88. The molecule has 1 aliphatic heterocycles. The maximum atomic E-state index is 6.44. The van der Waals surface area contributed by atoms with Crippen LogP contribution in [0.25, 0.3) is 0 Å². The van der Waals surface area contributed by atoms with Gasteiger partial charge in [0.1, 0.15) is 11.4 Å². The lowest BCUT2D eigenvalue weighted by molar-refractivity contribution is 0.206. The molecule has 0 radical (unpaired) electrons. The molecule has 0 unspecified atom stereocenters. The van der Waals surface area contributed by atoms with Gasteiger partial charge in [-0.25, -0.2) is 0 Å². The van der Waals surface area contributed by atoms with Crippen LogP contribution in [0.2, 0.25) is 18.1 Å². The van der Waals surface area contributed by atoms with E-state index in [1.165, 1.54) is 18.4 Å². The fourth-order valence-corrected chi connectivity index (χ4v) is 3.36. The van der Waals surface area contributed by atoms with E-state index in [9.17, 15) is 0 Å². The van der Waals surface area contributed by atoms with Crippen LogP contribution in [0.5, 0.6) is 11.5 Å². The number of benzene rings is 1. The summed E-state index contributed by atoms with van der Waals surface area (Å²) in [6, 6.07) is 6.35. The van der Waals surface area contributed by atoms with Crippen LogP contribution in [-0.4, -0.2) is 13.9 Å². The minimum Gasteiger partial charge on any atom is -0.541 e. The molecule has 1 saturated carbocycles. The van der Waals surface area contributed by atoms with Gasteiger partial charge in [-0.1, -0.05) is 32.9 Å². The zero-order chi connectivity index (χ0) is 13.9. The number of fused-ring (bicyclic) bond motifs is 1. The van der Waals surface area contributed by atoms with Gasteiger partial charge in [0.15, 0.2) is 5.75 Å². The second-order valence-electron chi connectivity index (χ2n) is 7.57. The molecule has 19 heavy (non-hydrogen) atoms. The Balaban J connectivity index is 1.90. The van der Waals surface area contributed by atoms with Crippen molar-refractivity contribution in [3.8, 4) is 11.5 Å². The van der Waals surface area contributed by atoms with E-state index < -0.39 is 8.32 Å². The number of para-hydroxylation sites is 1. The van der Waals surface area contributed by atoms with E-state index in [4.69, 9.17) is 9.16 Å². The lowest BCUT2D eigenvalue weighted by atomic mass is 10.1. The molecule has 0 N–H and O–H groups in total. The third-order valence-electron chi connectivity index (χ3n) is 4.87. The van der Waals surface area contributed by atoms with Crippen LogP contribution in [0.4, 0.5) is 0 Å². The zero-order valence-corrected chi connectivity index (χ0v) is 13.7. The first-order valence-electron chi connectivity index (χ1n) is 7.22. The van der Waals surface area contributed by atoms with Crippen molar-refractivity contribution < 1.29 is 9.16 Å². The zero-order valence-electron chi connectivity index (χ0n) is 12.7. The topological polar surface area (TPSA) is 18.5 Å². The van der Waals surface area contributed by atoms with Crippen LogP contribution >= 0.6 is 0 Å². The normalized spacial score (nSPS) is 20.1. The first kappa shape index (κ1) is 13.0. The van der Waals surface area contributed by atoms with Gasteiger partial charge in [-0.05, 0) is 37.0 Å². The number of hydrogen-bond acceptors (Lipinski definition) is 2. The molecule has 3 rings (SSSR count). The Morgan fingerprint density at radius 3 is 2.47 bits per heavy atom. The van der Waals surface area contributed by atoms with E-state index in [2.05, 4.69) is 52.1 Å². The van der Waals surface area contributed by atoms with Crippen LogP contribution in [0.1, 0.15) is 39.2 Å². The predicted molar refractivity (Wildman–Crippen MR) is 80.6 cm³/mol. The summed E-state index contributed by atoms with van der Waals surface area (Å²) < 4.78 is 12.6. The van der Waals surface area contributed by atoms with E-state index in [0.29, 0.717) is 0 Å². The average molecular weight is 276 g/mol. The van der Waals surface area contributed by atoms with Gasteiger partial charge < -0.3 is 9.16 Å². The van der Waals surface area contributed by atoms with Gasteiger partial charge in [-0.2, -0.15) is 0 Å². The lowest BCUT2D eigenvalue weighted by Crippen LogP contribution is -2.43. The first-order valence-corrected chi connectivity index (χ1v) is 10.1. The Hall–Kier alpha value is -0.963. The van der Waals surface area contributed by atoms with Crippen LogP contribution in [0.3, 0.4) is 0 Å². The minimum absolute atomic E-state index is 0.134. The van der Waals surface area contributed by atoms with Crippen LogP contribution in [-0.2, 0) is 6.42 Å². The van der Waals surface area contributed by atoms with Crippen LogP contribution in [0, 0.1) is 0 Å². The maximum Gasteiger partial charge on any atom is 0.250 e. The van der Waals surface area contributed by atoms with E-state index in [1.54, 1.807) is 0 Å². The molecule has 3 heteroatoms. The molecule has 1 aromatic rings. The van der Waals surface area contributed by atoms with E-state index >= 15 is 0 Å². The standard InChI is InChI=1S/C16H24O2Si/c1-15(2,3)19(4,5)18-13-8-6-7-12-11-16(9-10-16)17-14(12)13/h6-8H,9-11H2,1-5H3. The van der Waals surface area contributed by atoms with E-state index in [1.807, 2.05) is 0 Å². The van der Waals surface area contributed by atoms with Gasteiger partial charge in [-0.15, -0.1) is 0 Å². The number of hydrogen-bond donors (Lipinski definition) is 0. The minimum atomic E-state index is -1.79. The molecule has 1 spiro atoms. The highest BCUT2D eigenvalue weighted by molar-refractivity contribution is 6.74. The number of ether oxygens (including phenoxy) is 1. The molecule has 2 aliphatic rings. The van der Waals surface area contributed by atoms with Gasteiger partial charge in [-0.3, -0.25) is 0 Å². The monoisotopic (exact) mass is 276 g/mol. The van der Waals surface area contributed by atoms with Crippen molar-refractivity contribution in [3.05, 3.63) is 23.8 Å².